The maximum absolute atomic E-state index is 12.5. The van der Waals surface area contributed by atoms with Gasteiger partial charge in [0.05, 0.1) is 17.1 Å². The highest BCUT2D eigenvalue weighted by atomic mass is 32.2. The first-order chi connectivity index (χ1) is 14.4. The number of benzene rings is 2. The number of nitrogens with one attached hydrogen (secondary N) is 1. The summed E-state index contributed by atoms with van der Waals surface area (Å²) in [6.07, 6.45) is 1.67. The van der Waals surface area contributed by atoms with Crippen molar-refractivity contribution in [3.8, 4) is 11.5 Å². The van der Waals surface area contributed by atoms with Crippen molar-refractivity contribution in [2.75, 3.05) is 11.5 Å². The second-order valence-corrected chi connectivity index (χ2v) is 8.09. The number of amides is 2. The SMILES string of the molecule is O=C1NC(=S)S/C1=C/c1ccc2c(c1)N(Cc1cccc(OC(F)F)c1)C(=O)CO2. The number of carbonyl (C=O) groups excluding carboxylic acids is 2. The number of thiocarbonyl (C=S) groups is 1. The van der Waals surface area contributed by atoms with Crippen LogP contribution in [-0.2, 0) is 16.1 Å². The molecule has 10 heteroatoms. The summed E-state index contributed by atoms with van der Waals surface area (Å²) in [5.74, 6) is -0.0256. The van der Waals surface area contributed by atoms with Gasteiger partial charge in [-0.3, -0.25) is 9.59 Å². The Morgan fingerprint density at radius 2 is 2.10 bits per heavy atom. The van der Waals surface area contributed by atoms with Gasteiger partial charge in [-0.05, 0) is 41.5 Å². The molecule has 154 valence electrons. The summed E-state index contributed by atoms with van der Waals surface area (Å²) in [5.41, 5.74) is 1.83. The van der Waals surface area contributed by atoms with E-state index in [-0.39, 0.29) is 30.7 Å². The smallest absolute Gasteiger partial charge is 0.387 e. The summed E-state index contributed by atoms with van der Waals surface area (Å²) in [7, 11) is 0. The van der Waals surface area contributed by atoms with Gasteiger partial charge in [0.25, 0.3) is 11.8 Å². The van der Waals surface area contributed by atoms with Gasteiger partial charge in [0.2, 0.25) is 0 Å². The molecule has 2 heterocycles. The number of nitrogens with zero attached hydrogens (tertiary/aromatic N) is 1. The van der Waals surface area contributed by atoms with Crippen molar-refractivity contribution in [2.45, 2.75) is 13.2 Å². The Morgan fingerprint density at radius 1 is 1.27 bits per heavy atom. The second-order valence-electron chi connectivity index (χ2n) is 6.37. The van der Waals surface area contributed by atoms with Gasteiger partial charge in [-0.25, -0.2) is 0 Å². The van der Waals surface area contributed by atoms with Crippen LogP contribution in [0.25, 0.3) is 6.08 Å². The molecule has 0 spiro atoms. The maximum atomic E-state index is 12.5. The number of halogens is 2. The molecule has 0 atom stereocenters. The molecule has 0 unspecified atom stereocenters. The lowest BCUT2D eigenvalue weighted by Gasteiger charge is -2.30. The number of hydrogen-bond donors (Lipinski definition) is 1. The molecule has 2 aromatic rings. The molecule has 6 nitrogen and oxygen atoms in total. The van der Waals surface area contributed by atoms with E-state index < -0.39 is 6.61 Å². The number of fused-ring (bicyclic) bond motifs is 1. The fourth-order valence-corrected chi connectivity index (χ4v) is 4.10. The number of thioether (sulfide) groups is 1. The monoisotopic (exact) mass is 448 g/mol. The van der Waals surface area contributed by atoms with E-state index in [9.17, 15) is 18.4 Å². The molecule has 0 saturated carbocycles. The molecule has 1 fully saturated rings. The molecule has 1 saturated heterocycles. The van der Waals surface area contributed by atoms with Crippen molar-refractivity contribution in [1.29, 1.82) is 0 Å². The quantitative estimate of drug-likeness (QED) is 0.556. The van der Waals surface area contributed by atoms with Crippen molar-refractivity contribution in [3.63, 3.8) is 0 Å². The predicted molar refractivity (Wildman–Crippen MR) is 113 cm³/mol. The zero-order valence-corrected chi connectivity index (χ0v) is 16.9. The first kappa shape index (κ1) is 20.3. The number of rotatable bonds is 5. The number of anilines is 1. The van der Waals surface area contributed by atoms with Crippen LogP contribution in [0.5, 0.6) is 11.5 Å². The van der Waals surface area contributed by atoms with Crippen molar-refractivity contribution >= 4 is 51.9 Å². The first-order valence-electron chi connectivity index (χ1n) is 8.75. The van der Waals surface area contributed by atoms with Crippen LogP contribution in [0.2, 0.25) is 0 Å². The molecule has 2 amide bonds. The lowest BCUT2D eigenvalue weighted by atomic mass is 10.1. The van der Waals surface area contributed by atoms with Crippen LogP contribution in [0.15, 0.2) is 47.4 Å². The fraction of sp³-hybridized carbons (Fsp3) is 0.150. The van der Waals surface area contributed by atoms with E-state index in [0.717, 1.165) is 11.8 Å². The molecule has 30 heavy (non-hydrogen) atoms. The molecule has 0 aliphatic carbocycles. The van der Waals surface area contributed by atoms with Gasteiger partial charge in [-0.15, -0.1) is 0 Å². The Bertz CT molecular complexity index is 1070. The normalized spacial score (nSPS) is 17.2. The van der Waals surface area contributed by atoms with E-state index in [1.165, 1.54) is 17.0 Å². The second kappa shape index (κ2) is 8.41. The molecule has 2 aliphatic rings. The van der Waals surface area contributed by atoms with Gasteiger partial charge >= 0.3 is 6.61 Å². The number of ether oxygens (including phenoxy) is 2. The summed E-state index contributed by atoms with van der Waals surface area (Å²) in [6, 6.07) is 11.4. The van der Waals surface area contributed by atoms with E-state index in [1.807, 2.05) is 0 Å². The van der Waals surface area contributed by atoms with Gasteiger partial charge in [0.1, 0.15) is 15.8 Å². The Labute approximate surface area is 179 Å². The van der Waals surface area contributed by atoms with Gasteiger partial charge < -0.3 is 19.7 Å². The van der Waals surface area contributed by atoms with Crippen molar-refractivity contribution in [2.24, 2.45) is 0 Å². The largest absolute Gasteiger partial charge is 0.482 e. The highest BCUT2D eigenvalue weighted by Gasteiger charge is 2.27. The Hall–Kier alpha value is -2.98. The molecule has 2 aromatic carbocycles. The highest BCUT2D eigenvalue weighted by molar-refractivity contribution is 8.26. The van der Waals surface area contributed by atoms with E-state index in [0.29, 0.717) is 31.8 Å². The van der Waals surface area contributed by atoms with Crippen molar-refractivity contribution in [1.82, 2.24) is 5.32 Å². The molecule has 0 radical (unpaired) electrons. The molecule has 1 N–H and O–H groups in total. The molecule has 2 aliphatic heterocycles. The third-order valence-electron chi connectivity index (χ3n) is 4.33. The topological polar surface area (TPSA) is 67.9 Å². The van der Waals surface area contributed by atoms with Crippen molar-refractivity contribution in [3.05, 3.63) is 58.5 Å². The lowest BCUT2D eigenvalue weighted by molar-refractivity contribution is -0.121. The lowest BCUT2D eigenvalue weighted by Crippen LogP contribution is -2.38. The van der Waals surface area contributed by atoms with Crippen LogP contribution in [-0.4, -0.2) is 29.4 Å². The van der Waals surface area contributed by atoms with E-state index in [2.05, 4.69) is 10.1 Å². The zero-order valence-electron chi connectivity index (χ0n) is 15.3. The third kappa shape index (κ3) is 4.44. The Balaban J connectivity index is 1.63. The molecule has 4 rings (SSSR count). The van der Waals surface area contributed by atoms with Gasteiger partial charge in [0, 0.05) is 0 Å². The van der Waals surface area contributed by atoms with Crippen LogP contribution in [0.3, 0.4) is 0 Å². The summed E-state index contributed by atoms with van der Waals surface area (Å²) < 4.78 is 35.3. The van der Waals surface area contributed by atoms with Gasteiger partial charge in [-0.2, -0.15) is 8.78 Å². The third-order valence-corrected chi connectivity index (χ3v) is 5.49. The van der Waals surface area contributed by atoms with E-state index >= 15 is 0 Å². The van der Waals surface area contributed by atoms with Crippen LogP contribution >= 0.6 is 24.0 Å². The first-order valence-corrected chi connectivity index (χ1v) is 9.97. The van der Waals surface area contributed by atoms with E-state index in [1.54, 1.807) is 36.4 Å². The maximum Gasteiger partial charge on any atom is 0.387 e. The average molecular weight is 448 g/mol. The van der Waals surface area contributed by atoms with E-state index in [4.69, 9.17) is 17.0 Å². The summed E-state index contributed by atoms with van der Waals surface area (Å²) >= 11 is 6.15. The summed E-state index contributed by atoms with van der Waals surface area (Å²) in [5, 5.41) is 2.55. The highest BCUT2D eigenvalue weighted by Crippen LogP contribution is 2.36. The minimum Gasteiger partial charge on any atom is -0.482 e. The number of carbonyl (C=O) groups is 2. The number of hydrogen-bond acceptors (Lipinski definition) is 6. The van der Waals surface area contributed by atoms with Gasteiger partial charge in [-0.1, -0.05) is 42.2 Å². The van der Waals surface area contributed by atoms with Crippen molar-refractivity contribution < 1.29 is 27.8 Å². The summed E-state index contributed by atoms with van der Waals surface area (Å²) in [6.45, 7) is -2.91. The fourth-order valence-electron chi connectivity index (χ4n) is 3.06. The Kier molecular flexibility index (Phi) is 5.69. The molecular weight excluding hydrogens is 434 g/mol. The Morgan fingerprint density at radius 3 is 2.83 bits per heavy atom. The van der Waals surface area contributed by atoms with Crippen LogP contribution in [0.4, 0.5) is 14.5 Å². The van der Waals surface area contributed by atoms with Crippen LogP contribution in [0.1, 0.15) is 11.1 Å². The standard InChI is InChI=1S/C20H14F2N2O4S2/c21-19(22)28-13-3-1-2-12(6-13)9-24-14-7-11(4-5-15(14)27-10-17(24)25)8-16-18(26)23-20(29)30-16/h1-8,19H,9-10H2,(H,23,26,29)/b16-8+. The minimum absolute atomic E-state index is 0.0159. The number of alkyl halides is 2. The molecule has 0 bridgehead atoms. The van der Waals surface area contributed by atoms with Crippen LogP contribution < -0.4 is 19.7 Å². The predicted octanol–water partition coefficient (Wildman–Crippen LogP) is 3.70. The molecule has 0 aromatic heterocycles. The van der Waals surface area contributed by atoms with Gasteiger partial charge in [0.15, 0.2) is 6.61 Å². The molecular formula is C20H14F2N2O4S2. The average Bonchev–Trinajstić information content (AvgIpc) is 3.01. The van der Waals surface area contributed by atoms with Crippen LogP contribution in [0, 0.1) is 0 Å². The zero-order chi connectivity index (χ0) is 21.3. The summed E-state index contributed by atoms with van der Waals surface area (Å²) in [4.78, 5) is 26.4. The minimum atomic E-state index is -2.93.